The topological polar surface area (TPSA) is 55.3 Å². The predicted molar refractivity (Wildman–Crippen MR) is 77.7 cm³/mol. The van der Waals surface area contributed by atoms with Crippen molar-refractivity contribution in [1.82, 2.24) is 14.9 Å². The zero-order valence-corrected chi connectivity index (χ0v) is 11.9. The minimum absolute atomic E-state index is 0.337. The Kier molecular flexibility index (Phi) is 3.89. The molecule has 1 aliphatic carbocycles. The molecule has 2 heterocycles. The number of rotatable bonds is 4. The normalized spacial score (nSPS) is 19.9. The Morgan fingerprint density at radius 3 is 2.50 bits per heavy atom. The van der Waals surface area contributed by atoms with E-state index in [0.29, 0.717) is 30.4 Å². The number of piperidine rings is 1. The number of ether oxygens (including phenoxy) is 1. The van der Waals surface area contributed by atoms with Gasteiger partial charge >= 0.3 is 6.01 Å². The van der Waals surface area contributed by atoms with Gasteiger partial charge in [0.1, 0.15) is 7.85 Å². The average Bonchev–Trinajstić information content (AvgIpc) is 3.31. The van der Waals surface area contributed by atoms with Crippen LogP contribution in [0.15, 0.2) is 12.4 Å². The van der Waals surface area contributed by atoms with Gasteiger partial charge in [-0.25, -0.2) is 9.97 Å². The van der Waals surface area contributed by atoms with E-state index >= 15 is 0 Å². The van der Waals surface area contributed by atoms with Crippen molar-refractivity contribution in [2.45, 2.75) is 25.7 Å². The highest BCUT2D eigenvalue weighted by Gasteiger charge is 2.34. The van der Waals surface area contributed by atoms with E-state index in [9.17, 15) is 4.79 Å². The number of likely N-dealkylation sites (tertiary alicyclic amines) is 1. The quantitative estimate of drug-likeness (QED) is 0.711. The lowest BCUT2D eigenvalue weighted by Crippen LogP contribution is -2.40. The predicted octanol–water partition coefficient (Wildman–Crippen LogP) is -0.238. The summed E-state index contributed by atoms with van der Waals surface area (Å²) in [5.41, 5.74) is 1.03. The molecule has 1 amide bonds. The van der Waals surface area contributed by atoms with Crippen LogP contribution in [0.25, 0.3) is 0 Å². The summed E-state index contributed by atoms with van der Waals surface area (Å²) >= 11 is 0. The van der Waals surface area contributed by atoms with E-state index in [1.165, 1.54) is 0 Å². The van der Waals surface area contributed by atoms with E-state index < -0.39 is 0 Å². The summed E-state index contributed by atoms with van der Waals surface area (Å²) in [5.74, 6) is 1.21. The van der Waals surface area contributed by atoms with Crippen LogP contribution in [-0.4, -0.2) is 48.3 Å². The van der Waals surface area contributed by atoms with E-state index in [1.807, 2.05) is 12.7 Å². The summed E-state index contributed by atoms with van der Waals surface area (Å²) in [7, 11) is 1.95. The number of aromatic nitrogens is 2. The molecule has 0 bridgehead atoms. The van der Waals surface area contributed by atoms with E-state index in [1.54, 1.807) is 12.4 Å². The summed E-state index contributed by atoms with van der Waals surface area (Å²) < 4.78 is 5.63. The Hall–Kier alpha value is -1.59. The van der Waals surface area contributed by atoms with Crippen LogP contribution >= 0.6 is 0 Å². The van der Waals surface area contributed by atoms with Crippen LogP contribution in [0.3, 0.4) is 0 Å². The highest BCUT2D eigenvalue weighted by molar-refractivity contribution is 6.31. The Labute approximate surface area is 120 Å². The standard InChI is InChI=1S/C14H20BN3O2/c15-12-7-16-14(17-8-12)20-9-10-3-5-18(6-4-10)13(19)11-1-2-11/h7-8,10-11H,1-6,9,15H2. The van der Waals surface area contributed by atoms with Crippen molar-refractivity contribution >= 4 is 19.2 Å². The van der Waals surface area contributed by atoms with Crippen LogP contribution in [0.1, 0.15) is 25.7 Å². The van der Waals surface area contributed by atoms with Gasteiger partial charge < -0.3 is 9.64 Å². The third-order valence-corrected chi connectivity index (χ3v) is 4.06. The molecular formula is C14H20BN3O2. The van der Waals surface area contributed by atoms with Crippen molar-refractivity contribution in [2.75, 3.05) is 19.7 Å². The van der Waals surface area contributed by atoms with E-state index in [4.69, 9.17) is 4.74 Å². The van der Waals surface area contributed by atoms with Gasteiger partial charge in [0.15, 0.2) is 0 Å². The number of carbonyl (C=O) groups is 1. The molecule has 0 spiro atoms. The molecule has 106 valence electrons. The van der Waals surface area contributed by atoms with Crippen LogP contribution in [0.2, 0.25) is 0 Å². The fourth-order valence-electron chi connectivity index (χ4n) is 2.56. The molecule has 1 aliphatic heterocycles. The zero-order valence-electron chi connectivity index (χ0n) is 11.9. The first kappa shape index (κ1) is 13.4. The number of hydrogen-bond donors (Lipinski definition) is 0. The fraction of sp³-hybridized carbons (Fsp3) is 0.643. The number of carbonyl (C=O) groups excluding carboxylic acids is 1. The van der Waals surface area contributed by atoms with Gasteiger partial charge in [0.25, 0.3) is 0 Å². The Morgan fingerprint density at radius 2 is 1.90 bits per heavy atom. The van der Waals surface area contributed by atoms with Crippen LogP contribution < -0.4 is 10.2 Å². The minimum atomic E-state index is 0.337. The molecule has 0 aromatic carbocycles. The van der Waals surface area contributed by atoms with Gasteiger partial charge in [-0.3, -0.25) is 4.79 Å². The molecule has 1 saturated heterocycles. The average molecular weight is 273 g/mol. The van der Waals surface area contributed by atoms with Crippen LogP contribution in [-0.2, 0) is 4.79 Å². The lowest BCUT2D eigenvalue weighted by Gasteiger charge is -2.31. The lowest BCUT2D eigenvalue weighted by molar-refractivity contribution is -0.134. The Bertz CT molecular complexity index is 468. The minimum Gasteiger partial charge on any atom is -0.463 e. The molecule has 2 fully saturated rings. The first-order valence-electron chi connectivity index (χ1n) is 7.42. The molecule has 0 N–H and O–H groups in total. The summed E-state index contributed by atoms with van der Waals surface area (Å²) in [5, 5.41) is 0. The Morgan fingerprint density at radius 1 is 1.25 bits per heavy atom. The SMILES string of the molecule is Bc1cnc(OCC2CCN(C(=O)C3CC3)CC2)nc1. The highest BCUT2D eigenvalue weighted by atomic mass is 16.5. The number of amides is 1. The molecule has 0 radical (unpaired) electrons. The third kappa shape index (κ3) is 3.29. The maximum Gasteiger partial charge on any atom is 0.316 e. The van der Waals surface area contributed by atoms with Gasteiger partial charge in [-0.1, -0.05) is 5.46 Å². The van der Waals surface area contributed by atoms with Gasteiger partial charge in [0, 0.05) is 31.4 Å². The van der Waals surface area contributed by atoms with Crippen LogP contribution in [0.4, 0.5) is 0 Å². The number of nitrogens with zero attached hydrogens (tertiary/aromatic N) is 3. The lowest BCUT2D eigenvalue weighted by atomic mass is 9.97. The van der Waals surface area contributed by atoms with Crippen molar-refractivity contribution in [3.05, 3.63) is 12.4 Å². The summed E-state index contributed by atoms with van der Waals surface area (Å²) in [6.07, 6.45) is 7.74. The fourth-order valence-corrected chi connectivity index (χ4v) is 2.56. The molecule has 3 rings (SSSR count). The summed E-state index contributed by atoms with van der Waals surface area (Å²) in [6, 6.07) is 0.451. The van der Waals surface area contributed by atoms with E-state index in [2.05, 4.69) is 9.97 Å². The van der Waals surface area contributed by atoms with Crippen molar-refractivity contribution in [3.63, 3.8) is 0 Å². The van der Waals surface area contributed by atoms with Gasteiger partial charge in [-0.05, 0) is 31.6 Å². The van der Waals surface area contributed by atoms with Crippen LogP contribution in [0.5, 0.6) is 6.01 Å². The van der Waals surface area contributed by atoms with E-state index in [0.717, 1.165) is 44.2 Å². The summed E-state index contributed by atoms with van der Waals surface area (Å²) in [4.78, 5) is 22.3. The van der Waals surface area contributed by atoms with E-state index in [-0.39, 0.29) is 0 Å². The molecule has 0 atom stereocenters. The smallest absolute Gasteiger partial charge is 0.316 e. The molecule has 1 saturated carbocycles. The molecule has 5 nitrogen and oxygen atoms in total. The largest absolute Gasteiger partial charge is 0.463 e. The first-order chi connectivity index (χ1) is 9.72. The first-order valence-corrected chi connectivity index (χ1v) is 7.42. The van der Waals surface area contributed by atoms with Crippen molar-refractivity contribution in [3.8, 4) is 6.01 Å². The zero-order chi connectivity index (χ0) is 13.9. The van der Waals surface area contributed by atoms with Crippen LogP contribution in [0, 0.1) is 11.8 Å². The highest BCUT2D eigenvalue weighted by Crippen LogP contribution is 2.32. The molecular weight excluding hydrogens is 253 g/mol. The van der Waals surface area contributed by atoms with Crippen molar-refractivity contribution < 1.29 is 9.53 Å². The van der Waals surface area contributed by atoms with Gasteiger partial charge in [0.05, 0.1) is 6.61 Å². The second kappa shape index (κ2) is 5.81. The monoisotopic (exact) mass is 273 g/mol. The molecule has 1 aromatic heterocycles. The summed E-state index contributed by atoms with van der Waals surface area (Å²) in [6.45, 7) is 2.39. The Balaban J connectivity index is 1.42. The van der Waals surface area contributed by atoms with Gasteiger partial charge in [-0.2, -0.15) is 0 Å². The maximum absolute atomic E-state index is 12.0. The van der Waals surface area contributed by atoms with Crippen molar-refractivity contribution in [2.24, 2.45) is 11.8 Å². The molecule has 20 heavy (non-hydrogen) atoms. The third-order valence-electron chi connectivity index (χ3n) is 4.06. The molecule has 2 aliphatic rings. The van der Waals surface area contributed by atoms with Gasteiger partial charge in [-0.15, -0.1) is 0 Å². The molecule has 0 unspecified atom stereocenters. The second-order valence-electron chi connectivity index (χ2n) is 5.90. The number of hydrogen-bond acceptors (Lipinski definition) is 4. The maximum atomic E-state index is 12.0. The van der Waals surface area contributed by atoms with Gasteiger partial charge in [0.2, 0.25) is 5.91 Å². The van der Waals surface area contributed by atoms with Crippen molar-refractivity contribution in [1.29, 1.82) is 0 Å². The molecule has 6 heteroatoms. The second-order valence-corrected chi connectivity index (χ2v) is 5.90. The molecule has 1 aromatic rings.